The molecule has 0 unspecified atom stereocenters. The molecule has 2 aromatic carbocycles. The number of nitrogens with one attached hydrogen (secondary N) is 2. The summed E-state index contributed by atoms with van der Waals surface area (Å²) >= 11 is 13.6. The van der Waals surface area contributed by atoms with Crippen LogP contribution in [-0.2, 0) is 16.2 Å². The average molecular weight is 565 g/mol. The lowest BCUT2D eigenvalue weighted by molar-refractivity contribution is -0.137. The zero-order chi connectivity index (χ0) is 27.2. The highest BCUT2D eigenvalue weighted by Crippen LogP contribution is 2.35. The minimum atomic E-state index is -1.23. The van der Waals surface area contributed by atoms with Crippen LogP contribution >= 0.6 is 34.5 Å². The predicted octanol–water partition coefficient (Wildman–Crippen LogP) is 6.33. The van der Waals surface area contributed by atoms with Gasteiger partial charge >= 0.3 is 0 Å². The molecule has 1 aromatic heterocycles. The van der Waals surface area contributed by atoms with Gasteiger partial charge in [-0.1, -0.05) is 99.0 Å². The monoisotopic (exact) mass is 563 g/mol. The van der Waals surface area contributed by atoms with E-state index in [2.05, 4.69) is 15.6 Å². The second-order valence-electron chi connectivity index (χ2n) is 9.64. The normalized spacial score (nSPS) is 13.1. The summed E-state index contributed by atoms with van der Waals surface area (Å²) < 4.78 is 5.91. The third kappa shape index (κ3) is 7.68. The topological polar surface area (TPSA) is 101 Å². The molecule has 0 fully saturated rings. The van der Waals surface area contributed by atoms with E-state index in [9.17, 15) is 14.7 Å². The van der Waals surface area contributed by atoms with E-state index >= 15 is 0 Å². The predicted molar refractivity (Wildman–Crippen MR) is 149 cm³/mol. The van der Waals surface area contributed by atoms with Crippen LogP contribution in [0.25, 0.3) is 10.4 Å². The highest BCUT2D eigenvalue weighted by molar-refractivity contribution is 7.19. The van der Waals surface area contributed by atoms with Crippen molar-refractivity contribution in [1.29, 1.82) is 0 Å². The van der Waals surface area contributed by atoms with E-state index in [1.165, 1.54) is 11.3 Å². The standard InChI is InChI=1S/C27H31Cl2N3O4S/c1-5-9-19(31-25(35)23(33)27(2,3)4)24(34)32-26-30-14-21(37-26)17-11-7-6-10-16(17)15-36-20-13-8-12-18(28)22(20)29/h6-8,10-14,19,23,33H,5,9,15H2,1-4H3,(H,31,35)(H,30,32,34)/t19-,23+/m0/s1. The van der Waals surface area contributed by atoms with Crippen LogP contribution < -0.4 is 15.4 Å². The van der Waals surface area contributed by atoms with E-state index in [1.54, 1.807) is 45.2 Å². The lowest BCUT2D eigenvalue weighted by Gasteiger charge is -2.26. The summed E-state index contributed by atoms with van der Waals surface area (Å²) in [5.74, 6) is -0.471. The van der Waals surface area contributed by atoms with E-state index in [0.717, 1.165) is 16.0 Å². The molecule has 0 saturated heterocycles. The second kappa shape index (κ2) is 12.7. The minimum Gasteiger partial charge on any atom is -0.487 e. The highest BCUT2D eigenvalue weighted by Gasteiger charge is 2.32. The number of benzene rings is 2. The molecule has 1 heterocycles. The second-order valence-corrected chi connectivity index (χ2v) is 11.5. The molecule has 3 N–H and O–H groups in total. The molecule has 198 valence electrons. The average Bonchev–Trinajstić information content (AvgIpc) is 3.32. The van der Waals surface area contributed by atoms with Crippen molar-refractivity contribution in [3.63, 3.8) is 0 Å². The van der Waals surface area contributed by atoms with Gasteiger partial charge in [0.05, 0.1) is 9.90 Å². The third-order valence-electron chi connectivity index (χ3n) is 5.60. The molecule has 3 rings (SSSR count). The first-order valence-electron chi connectivity index (χ1n) is 11.9. The largest absolute Gasteiger partial charge is 0.487 e. The third-order valence-corrected chi connectivity index (χ3v) is 7.34. The van der Waals surface area contributed by atoms with Crippen molar-refractivity contribution in [2.75, 3.05) is 5.32 Å². The van der Waals surface area contributed by atoms with Gasteiger partial charge in [-0.25, -0.2) is 4.98 Å². The van der Waals surface area contributed by atoms with Crippen LogP contribution in [0.15, 0.2) is 48.7 Å². The molecular formula is C27H31Cl2N3O4S. The summed E-state index contributed by atoms with van der Waals surface area (Å²) in [6, 6.07) is 12.1. The highest BCUT2D eigenvalue weighted by atomic mass is 35.5. The van der Waals surface area contributed by atoms with E-state index < -0.39 is 23.5 Å². The number of hydrogen-bond acceptors (Lipinski definition) is 6. The minimum absolute atomic E-state index is 0.260. The molecule has 37 heavy (non-hydrogen) atoms. The van der Waals surface area contributed by atoms with Crippen molar-refractivity contribution in [3.05, 3.63) is 64.3 Å². The SMILES string of the molecule is CCC[C@H](NC(=O)[C@@H](O)C(C)(C)C)C(=O)Nc1ncc(-c2ccccc2COc2cccc(Cl)c2Cl)s1. The summed E-state index contributed by atoms with van der Waals surface area (Å²) in [7, 11) is 0. The van der Waals surface area contributed by atoms with Gasteiger partial charge in [0.1, 0.15) is 29.5 Å². The van der Waals surface area contributed by atoms with Crippen molar-refractivity contribution in [1.82, 2.24) is 10.3 Å². The summed E-state index contributed by atoms with van der Waals surface area (Å²) in [5, 5.41) is 16.9. The van der Waals surface area contributed by atoms with E-state index in [1.807, 2.05) is 31.2 Å². The molecule has 0 aliphatic heterocycles. The number of carbonyl (C=O) groups excluding carboxylic acids is 2. The number of aliphatic hydroxyl groups excluding tert-OH is 1. The Morgan fingerprint density at radius 2 is 1.84 bits per heavy atom. The van der Waals surface area contributed by atoms with Crippen LogP contribution in [0.3, 0.4) is 0 Å². The molecule has 0 aliphatic carbocycles. The number of halogens is 2. The molecule has 0 aliphatic rings. The van der Waals surface area contributed by atoms with Gasteiger partial charge in [0, 0.05) is 6.20 Å². The molecule has 10 heteroatoms. The Morgan fingerprint density at radius 3 is 2.54 bits per heavy atom. The molecule has 0 bridgehead atoms. The van der Waals surface area contributed by atoms with Gasteiger partial charge in [0.15, 0.2) is 5.13 Å². The number of thiazole rings is 1. The van der Waals surface area contributed by atoms with Gasteiger partial charge in [0.25, 0.3) is 0 Å². The smallest absolute Gasteiger partial charge is 0.250 e. The molecular weight excluding hydrogens is 533 g/mol. The van der Waals surface area contributed by atoms with Crippen molar-refractivity contribution in [2.45, 2.75) is 59.3 Å². The van der Waals surface area contributed by atoms with E-state index in [0.29, 0.717) is 33.8 Å². The first-order chi connectivity index (χ1) is 17.5. The van der Waals surface area contributed by atoms with Crippen molar-refractivity contribution >= 4 is 51.5 Å². The number of nitrogens with zero attached hydrogens (tertiary/aromatic N) is 1. The number of hydrogen-bond donors (Lipinski definition) is 3. The van der Waals surface area contributed by atoms with Gasteiger partial charge in [-0.2, -0.15) is 0 Å². The molecule has 0 radical (unpaired) electrons. The quantitative estimate of drug-likeness (QED) is 0.267. The Labute approximate surface area is 231 Å². The Balaban J connectivity index is 1.71. The lowest BCUT2D eigenvalue weighted by atomic mass is 9.88. The summed E-state index contributed by atoms with van der Waals surface area (Å²) in [6.07, 6.45) is 1.56. The fourth-order valence-corrected chi connectivity index (χ4v) is 4.71. The lowest BCUT2D eigenvalue weighted by Crippen LogP contribution is -2.50. The van der Waals surface area contributed by atoms with Crippen LogP contribution in [0.4, 0.5) is 5.13 Å². The van der Waals surface area contributed by atoms with Crippen LogP contribution in [0.5, 0.6) is 5.75 Å². The summed E-state index contributed by atoms with van der Waals surface area (Å²) in [6.45, 7) is 7.46. The van der Waals surface area contributed by atoms with Crippen molar-refractivity contribution < 1.29 is 19.4 Å². The van der Waals surface area contributed by atoms with Gasteiger partial charge in [0.2, 0.25) is 11.8 Å². The number of rotatable bonds is 10. The maximum Gasteiger partial charge on any atom is 0.250 e. The zero-order valence-electron chi connectivity index (χ0n) is 21.2. The van der Waals surface area contributed by atoms with Crippen LogP contribution in [-0.4, -0.2) is 34.1 Å². The van der Waals surface area contributed by atoms with Gasteiger partial charge in [-0.15, -0.1) is 0 Å². The molecule has 3 aromatic rings. The van der Waals surface area contributed by atoms with Crippen LogP contribution in [0.1, 0.15) is 46.1 Å². The fraction of sp³-hybridized carbons (Fsp3) is 0.370. The van der Waals surface area contributed by atoms with Crippen molar-refractivity contribution in [3.8, 4) is 16.2 Å². The Kier molecular flexibility index (Phi) is 9.95. The van der Waals surface area contributed by atoms with E-state index in [-0.39, 0.29) is 12.5 Å². The molecule has 2 amide bonds. The van der Waals surface area contributed by atoms with Gasteiger partial charge in [-0.05, 0) is 35.1 Å². The number of anilines is 1. The summed E-state index contributed by atoms with van der Waals surface area (Å²) in [5.41, 5.74) is 1.18. The number of aliphatic hydroxyl groups is 1. The van der Waals surface area contributed by atoms with Crippen molar-refractivity contribution in [2.24, 2.45) is 5.41 Å². The number of ether oxygens (including phenoxy) is 1. The number of aromatic nitrogens is 1. The number of carbonyl (C=O) groups is 2. The maximum atomic E-state index is 13.0. The molecule has 0 spiro atoms. The van der Waals surface area contributed by atoms with E-state index in [4.69, 9.17) is 27.9 Å². The molecule has 0 saturated carbocycles. The summed E-state index contributed by atoms with van der Waals surface area (Å²) in [4.78, 5) is 30.6. The number of amides is 2. The maximum absolute atomic E-state index is 13.0. The first-order valence-corrected chi connectivity index (χ1v) is 13.5. The molecule has 2 atom stereocenters. The molecule has 7 nitrogen and oxygen atoms in total. The van der Waals surface area contributed by atoms with Gasteiger partial charge < -0.3 is 20.5 Å². The Hall–Kier alpha value is -2.65. The van der Waals surface area contributed by atoms with Gasteiger partial charge in [-0.3, -0.25) is 9.59 Å². The van der Waals surface area contributed by atoms with Crippen LogP contribution in [0, 0.1) is 5.41 Å². The Bertz CT molecular complexity index is 1240. The Morgan fingerprint density at radius 1 is 1.11 bits per heavy atom. The first kappa shape index (κ1) is 28.9. The van der Waals surface area contributed by atoms with Crippen LogP contribution in [0.2, 0.25) is 10.0 Å². The zero-order valence-corrected chi connectivity index (χ0v) is 23.5. The fourth-order valence-electron chi connectivity index (χ4n) is 3.49.